The van der Waals surface area contributed by atoms with E-state index in [1.807, 2.05) is 6.07 Å². The van der Waals surface area contributed by atoms with E-state index < -0.39 is 17.7 Å². The van der Waals surface area contributed by atoms with Gasteiger partial charge in [0.2, 0.25) is 0 Å². The van der Waals surface area contributed by atoms with Gasteiger partial charge in [0.05, 0.1) is 0 Å². The first kappa shape index (κ1) is 11.3. The van der Waals surface area contributed by atoms with Gasteiger partial charge >= 0.3 is 5.97 Å². The second-order valence-electron chi connectivity index (χ2n) is 3.78. The fraction of sp³-hybridized carbons (Fsp3) is 0.154. The fourth-order valence-electron chi connectivity index (χ4n) is 1.78. The zero-order valence-electron chi connectivity index (χ0n) is 9.25. The van der Waals surface area contributed by atoms with Crippen molar-refractivity contribution in [3.8, 4) is 0 Å². The highest BCUT2D eigenvalue weighted by Crippen LogP contribution is 2.26. The maximum atomic E-state index is 12.0. The smallest absolute Gasteiger partial charge is 0.319 e. The van der Waals surface area contributed by atoms with Crippen molar-refractivity contribution >= 4 is 23.5 Å². The minimum absolute atomic E-state index is 0.389. The number of benzene rings is 1. The number of Topliss-reactive ketones (excluding diaryl/α,β-unsaturated/α-hetero) is 1. The lowest BCUT2D eigenvalue weighted by Crippen LogP contribution is -2.28. The lowest BCUT2D eigenvalue weighted by Gasteiger charge is -2.16. The summed E-state index contributed by atoms with van der Waals surface area (Å²) in [5, 5.41) is 8.92. The van der Waals surface area contributed by atoms with Crippen molar-refractivity contribution in [2.45, 2.75) is 6.92 Å². The standard InChI is InChI=1S/C13H11NO3/c1-8-11(9-5-3-2-4-6-9)12(15)10(7-14-8)13(16)17/h2-7,10H,1H3,(H,16,17). The molecule has 0 amide bonds. The molecule has 0 aromatic heterocycles. The van der Waals surface area contributed by atoms with Crippen LogP contribution in [0.2, 0.25) is 0 Å². The molecule has 1 atom stereocenters. The van der Waals surface area contributed by atoms with E-state index in [1.165, 1.54) is 6.21 Å². The summed E-state index contributed by atoms with van der Waals surface area (Å²) in [6, 6.07) is 8.99. The van der Waals surface area contributed by atoms with Crippen molar-refractivity contribution in [2.24, 2.45) is 10.9 Å². The molecule has 1 aliphatic heterocycles. The number of hydrogen-bond donors (Lipinski definition) is 1. The van der Waals surface area contributed by atoms with Gasteiger partial charge in [0.15, 0.2) is 11.7 Å². The molecule has 1 heterocycles. The number of nitrogens with zero attached hydrogens (tertiary/aromatic N) is 1. The number of carboxylic acid groups (broad SMARTS) is 1. The normalized spacial score (nSPS) is 19.6. The topological polar surface area (TPSA) is 66.7 Å². The SMILES string of the molecule is CC1=C(c2ccccc2)C(=O)C(C(=O)O)C=N1. The van der Waals surface area contributed by atoms with Crippen molar-refractivity contribution in [2.75, 3.05) is 0 Å². The highest BCUT2D eigenvalue weighted by molar-refractivity contribution is 6.33. The molecule has 0 saturated carbocycles. The molecule has 0 radical (unpaired) electrons. The second-order valence-corrected chi connectivity index (χ2v) is 3.78. The van der Waals surface area contributed by atoms with Gasteiger partial charge in [0, 0.05) is 17.5 Å². The molecule has 1 unspecified atom stereocenters. The molecule has 4 nitrogen and oxygen atoms in total. The molecule has 2 rings (SSSR count). The zero-order chi connectivity index (χ0) is 12.4. The molecule has 4 heteroatoms. The third kappa shape index (κ3) is 2.01. The van der Waals surface area contributed by atoms with Gasteiger partial charge in [0.25, 0.3) is 0 Å². The summed E-state index contributed by atoms with van der Waals surface area (Å²) in [5.74, 6) is -2.75. The van der Waals surface area contributed by atoms with Crippen molar-refractivity contribution in [1.29, 1.82) is 0 Å². The van der Waals surface area contributed by atoms with Crippen LogP contribution in [0.5, 0.6) is 0 Å². The highest BCUT2D eigenvalue weighted by Gasteiger charge is 2.31. The number of aliphatic carboxylic acids is 1. The van der Waals surface area contributed by atoms with E-state index in [1.54, 1.807) is 31.2 Å². The average Bonchev–Trinajstić information content (AvgIpc) is 2.30. The number of allylic oxidation sites excluding steroid dienone is 2. The molecule has 1 N–H and O–H groups in total. The molecule has 17 heavy (non-hydrogen) atoms. The van der Waals surface area contributed by atoms with Crippen molar-refractivity contribution in [1.82, 2.24) is 0 Å². The number of carbonyl (C=O) groups is 2. The summed E-state index contributed by atoms with van der Waals surface area (Å²) in [6.07, 6.45) is 1.19. The van der Waals surface area contributed by atoms with E-state index in [9.17, 15) is 9.59 Å². The van der Waals surface area contributed by atoms with Gasteiger partial charge in [-0.1, -0.05) is 30.3 Å². The molecule has 0 bridgehead atoms. The molecular formula is C13H11NO3. The van der Waals surface area contributed by atoms with Crippen molar-refractivity contribution in [3.63, 3.8) is 0 Å². The summed E-state index contributed by atoms with van der Waals surface area (Å²) in [4.78, 5) is 27.0. The first-order valence-electron chi connectivity index (χ1n) is 5.19. The molecule has 0 saturated heterocycles. The van der Waals surface area contributed by atoms with E-state index in [0.29, 0.717) is 16.8 Å². The predicted molar refractivity (Wildman–Crippen MR) is 63.7 cm³/mol. The minimum atomic E-state index is -1.17. The zero-order valence-corrected chi connectivity index (χ0v) is 9.25. The average molecular weight is 229 g/mol. The fourth-order valence-corrected chi connectivity index (χ4v) is 1.78. The summed E-state index contributed by atoms with van der Waals surface area (Å²) in [7, 11) is 0. The summed E-state index contributed by atoms with van der Waals surface area (Å²) in [6.45, 7) is 1.70. The van der Waals surface area contributed by atoms with Crippen LogP contribution in [-0.2, 0) is 9.59 Å². The molecule has 0 fully saturated rings. The van der Waals surface area contributed by atoms with E-state index >= 15 is 0 Å². The molecule has 86 valence electrons. The first-order valence-corrected chi connectivity index (χ1v) is 5.19. The van der Waals surface area contributed by atoms with E-state index in [2.05, 4.69) is 4.99 Å². The van der Waals surface area contributed by atoms with Crippen molar-refractivity contribution < 1.29 is 14.7 Å². The van der Waals surface area contributed by atoms with Crippen LogP contribution in [0.15, 0.2) is 41.0 Å². The van der Waals surface area contributed by atoms with Gasteiger partial charge in [-0.3, -0.25) is 14.6 Å². The van der Waals surface area contributed by atoms with E-state index in [-0.39, 0.29) is 0 Å². The maximum absolute atomic E-state index is 12.0. The predicted octanol–water partition coefficient (Wildman–Crippen LogP) is 1.77. The summed E-state index contributed by atoms with van der Waals surface area (Å²) in [5.41, 5.74) is 1.65. The molecule has 0 aliphatic carbocycles. The van der Waals surface area contributed by atoms with Gasteiger partial charge in [-0.2, -0.15) is 0 Å². The Morgan fingerprint density at radius 3 is 2.53 bits per heavy atom. The number of carbonyl (C=O) groups excluding carboxylic acids is 1. The van der Waals surface area contributed by atoms with Crippen LogP contribution >= 0.6 is 0 Å². The van der Waals surface area contributed by atoms with Crippen LogP contribution in [0.4, 0.5) is 0 Å². The maximum Gasteiger partial charge on any atom is 0.319 e. The number of ketones is 1. The van der Waals surface area contributed by atoms with Gasteiger partial charge < -0.3 is 5.11 Å². The van der Waals surface area contributed by atoms with E-state index in [0.717, 1.165) is 0 Å². The van der Waals surface area contributed by atoms with Gasteiger partial charge in [-0.15, -0.1) is 0 Å². The van der Waals surface area contributed by atoms with Crippen LogP contribution in [0.3, 0.4) is 0 Å². The third-order valence-corrected chi connectivity index (χ3v) is 2.64. The van der Waals surface area contributed by atoms with Gasteiger partial charge in [0.1, 0.15) is 0 Å². The number of aliphatic imine (C=N–C) groups is 1. The van der Waals surface area contributed by atoms with Gasteiger partial charge in [-0.25, -0.2) is 0 Å². The quantitative estimate of drug-likeness (QED) is 0.786. The van der Waals surface area contributed by atoms with Crippen LogP contribution in [0.1, 0.15) is 12.5 Å². The Balaban J connectivity index is 2.49. The molecule has 1 aromatic rings. The Morgan fingerprint density at radius 2 is 1.94 bits per heavy atom. The minimum Gasteiger partial charge on any atom is -0.480 e. The lowest BCUT2D eigenvalue weighted by atomic mass is 9.90. The first-order chi connectivity index (χ1) is 8.11. The number of rotatable bonds is 2. The number of hydrogen-bond acceptors (Lipinski definition) is 3. The van der Waals surface area contributed by atoms with Gasteiger partial charge in [-0.05, 0) is 12.5 Å². The summed E-state index contributed by atoms with van der Waals surface area (Å²) < 4.78 is 0. The molecule has 1 aliphatic rings. The molecule has 0 spiro atoms. The van der Waals surface area contributed by atoms with Crippen LogP contribution in [0.25, 0.3) is 5.57 Å². The Labute approximate surface area is 98.3 Å². The van der Waals surface area contributed by atoms with Crippen molar-refractivity contribution in [3.05, 3.63) is 41.6 Å². The third-order valence-electron chi connectivity index (χ3n) is 2.64. The Bertz CT molecular complexity index is 529. The highest BCUT2D eigenvalue weighted by atomic mass is 16.4. The summed E-state index contributed by atoms with van der Waals surface area (Å²) >= 11 is 0. The molecular weight excluding hydrogens is 218 g/mol. The Morgan fingerprint density at radius 1 is 1.29 bits per heavy atom. The monoisotopic (exact) mass is 229 g/mol. The van der Waals surface area contributed by atoms with Crippen LogP contribution in [-0.4, -0.2) is 23.1 Å². The lowest BCUT2D eigenvalue weighted by molar-refractivity contribution is -0.141. The van der Waals surface area contributed by atoms with Crippen LogP contribution < -0.4 is 0 Å². The largest absolute Gasteiger partial charge is 0.480 e. The van der Waals surface area contributed by atoms with Crippen LogP contribution in [0, 0.1) is 5.92 Å². The van der Waals surface area contributed by atoms with E-state index in [4.69, 9.17) is 5.11 Å². The molecule has 1 aromatic carbocycles. The Hall–Kier alpha value is -2.23. The second kappa shape index (κ2) is 4.33. The number of carboxylic acids is 1. The Kier molecular flexibility index (Phi) is 2.87.